The molecule has 0 radical (unpaired) electrons. The van der Waals surface area contributed by atoms with E-state index in [4.69, 9.17) is 8.83 Å². The number of fused-ring (bicyclic) bond motifs is 7. The summed E-state index contributed by atoms with van der Waals surface area (Å²) in [5.74, 6) is 0. The lowest BCUT2D eigenvalue weighted by Crippen LogP contribution is -1.77. The van der Waals surface area contributed by atoms with Crippen LogP contribution in [0.1, 0.15) is 12.5 Å². The zero-order valence-electron chi connectivity index (χ0n) is 12.2. The molecule has 22 heavy (non-hydrogen) atoms. The Morgan fingerprint density at radius 1 is 0.682 bits per heavy atom. The van der Waals surface area contributed by atoms with Gasteiger partial charge >= 0.3 is 0 Å². The summed E-state index contributed by atoms with van der Waals surface area (Å²) in [6, 6.07) is 18.8. The average Bonchev–Trinajstić information content (AvgIpc) is 3.12. The molecule has 0 N–H and O–H groups in total. The molecule has 0 atom stereocenters. The van der Waals surface area contributed by atoms with Crippen LogP contribution in [0, 0.1) is 0 Å². The Bertz CT molecular complexity index is 1160. The van der Waals surface area contributed by atoms with E-state index >= 15 is 0 Å². The van der Waals surface area contributed by atoms with Crippen LogP contribution in [-0.4, -0.2) is 0 Å². The molecule has 0 fully saturated rings. The largest absolute Gasteiger partial charge is 0.452 e. The maximum atomic E-state index is 6.10. The highest BCUT2D eigenvalue weighted by molar-refractivity contribution is 6.18. The quantitative estimate of drug-likeness (QED) is 0.375. The highest BCUT2D eigenvalue weighted by Gasteiger charge is 2.15. The van der Waals surface area contributed by atoms with E-state index in [1.165, 1.54) is 5.56 Å². The van der Waals surface area contributed by atoms with Crippen molar-refractivity contribution in [3.05, 3.63) is 60.2 Å². The lowest BCUT2D eigenvalue weighted by molar-refractivity contribution is 0.633. The molecule has 2 aromatic heterocycles. The van der Waals surface area contributed by atoms with E-state index in [1.807, 2.05) is 18.2 Å². The van der Waals surface area contributed by atoms with E-state index in [0.29, 0.717) is 0 Å². The molecule has 106 valence electrons. The molecule has 0 bridgehead atoms. The van der Waals surface area contributed by atoms with Gasteiger partial charge in [-0.2, -0.15) is 0 Å². The van der Waals surface area contributed by atoms with Gasteiger partial charge in [0.1, 0.15) is 11.2 Å². The average molecular weight is 286 g/mol. The molecule has 0 spiro atoms. The van der Waals surface area contributed by atoms with Crippen LogP contribution in [0.2, 0.25) is 0 Å². The van der Waals surface area contributed by atoms with Crippen molar-refractivity contribution in [2.75, 3.05) is 0 Å². The first kappa shape index (κ1) is 11.9. The molecule has 0 saturated carbocycles. The molecule has 5 rings (SSSR count). The number of benzene rings is 3. The van der Waals surface area contributed by atoms with E-state index in [0.717, 1.165) is 50.3 Å². The van der Waals surface area contributed by atoms with E-state index in [1.54, 1.807) is 0 Å². The van der Waals surface area contributed by atoms with Gasteiger partial charge in [-0.1, -0.05) is 31.2 Å². The van der Waals surface area contributed by atoms with Crippen LogP contribution in [0.15, 0.2) is 63.4 Å². The van der Waals surface area contributed by atoms with Crippen LogP contribution in [0.5, 0.6) is 0 Å². The monoisotopic (exact) mass is 286 g/mol. The van der Waals surface area contributed by atoms with E-state index in [9.17, 15) is 0 Å². The number of furan rings is 2. The van der Waals surface area contributed by atoms with Crippen LogP contribution in [0.25, 0.3) is 43.9 Å². The normalized spacial score (nSPS) is 12.0. The Kier molecular flexibility index (Phi) is 2.23. The van der Waals surface area contributed by atoms with Crippen molar-refractivity contribution in [2.24, 2.45) is 0 Å². The molecule has 0 saturated heterocycles. The fourth-order valence-corrected chi connectivity index (χ4v) is 3.28. The molecular formula is C20H14O2. The number of rotatable bonds is 1. The Balaban J connectivity index is 1.99. The number of para-hydroxylation sites is 1. The van der Waals surface area contributed by atoms with E-state index in [2.05, 4.69) is 43.3 Å². The van der Waals surface area contributed by atoms with Gasteiger partial charge in [0, 0.05) is 21.5 Å². The molecular weight excluding hydrogens is 272 g/mol. The minimum absolute atomic E-state index is 0.841. The van der Waals surface area contributed by atoms with Gasteiger partial charge in [0.15, 0.2) is 11.2 Å². The van der Waals surface area contributed by atoms with Gasteiger partial charge in [-0.05, 0) is 42.3 Å². The number of hydrogen-bond donors (Lipinski definition) is 0. The zero-order valence-corrected chi connectivity index (χ0v) is 12.2. The van der Waals surface area contributed by atoms with Gasteiger partial charge in [-0.15, -0.1) is 0 Å². The summed E-state index contributed by atoms with van der Waals surface area (Å²) < 4.78 is 12.2. The van der Waals surface area contributed by atoms with Crippen molar-refractivity contribution in [2.45, 2.75) is 13.3 Å². The highest BCUT2D eigenvalue weighted by Crippen LogP contribution is 2.38. The van der Waals surface area contributed by atoms with Gasteiger partial charge in [0.05, 0.1) is 0 Å². The van der Waals surface area contributed by atoms with Gasteiger partial charge in [0.25, 0.3) is 0 Å². The first-order chi connectivity index (χ1) is 10.8. The van der Waals surface area contributed by atoms with Crippen LogP contribution in [0.4, 0.5) is 0 Å². The van der Waals surface area contributed by atoms with Crippen LogP contribution in [-0.2, 0) is 6.42 Å². The zero-order chi connectivity index (χ0) is 14.7. The Morgan fingerprint density at radius 2 is 1.36 bits per heavy atom. The predicted octanol–water partition coefficient (Wildman–Crippen LogP) is 6.05. The summed E-state index contributed by atoms with van der Waals surface area (Å²) in [5.41, 5.74) is 4.82. The Morgan fingerprint density at radius 3 is 2.14 bits per heavy atom. The van der Waals surface area contributed by atoms with Crippen molar-refractivity contribution >= 4 is 43.9 Å². The molecule has 2 heteroatoms. The fourth-order valence-electron chi connectivity index (χ4n) is 3.28. The second kappa shape index (κ2) is 4.14. The lowest BCUT2D eigenvalue weighted by atomic mass is 10.1. The molecule has 5 aromatic rings. The van der Waals surface area contributed by atoms with Gasteiger partial charge < -0.3 is 8.83 Å². The van der Waals surface area contributed by atoms with E-state index in [-0.39, 0.29) is 0 Å². The SMILES string of the molecule is CCc1ccc2oc3c(ccc4c5ccccc5oc43)c2c1. The predicted molar refractivity (Wildman–Crippen MR) is 90.4 cm³/mol. The van der Waals surface area contributed by atoms with Gasteiger partial charge in [-0.25, -0.2) is 0 Å². The number of hydrogen-bond acceptors (Lipinski definition) is 2. The minimum atomic E-state index is 0.841. The standard InChI is InChI=1S/C20H14O2/c1-2-12-7-10-18-16(11-12)15-9-8-14-13-5-3-4-6-17(13)21-19(14)20(15)22-18/h3-11H,2H2,1H3. The summed E-state index contributed by atoms with van der Waals surface area (Å²) in [4.78, 5) is 0. The topological polar surface area (TPSA) is 26.3 Å². The third-order valence-corrected chi connectivity index (χ3v) is 4.46. The second-order valence-corrected chi connectivity index (χ2v) is 5.70. The molecule has 0 aliphatic rings. The molecule has 0 unspecified atom stereocenters. The van der Waals surface area contributed by atoms with Crippen LogP contribution in [0.3, 0.4) is 0 Å². The first-order valence-electron chi connectivity index (χ1n) is 7.60. The maximum Gasteiger partial charge on any atom is 0.178 e. The van der Waals surface area contributed by atoms with Crippen LogP contribution < -0.4 is 0 Å². The molecule has 0 amide bonds. The van der Waals surface area contributed by atoms with Crippen molar-refractivity contribution in [1.29, 1.82) is 0 Å². The maximum absolute atomic E-state index is 6.10. The third-order valence-electron chi connectivity index (χ3n) is 4.46. The summed E-state index contributed by atoms with van der Waals surface area (Å²) in [6.45, 7) is 2.17. The lowest BCUT2D eigenvalue weighted by Gasteiger charge is -1.95. The Labute approximate surface area is 126 Å². The summed E-state index contributed by atoms with van der Waals surface area (Å²) in [7, 11) is 0. The summed E-state index contributed by atoms with van der Waals surface area (Å²) >= 11 is 0. The molecule has 3 aromatic carbocycles. The smallest absolute Gasteiger partial charge is 0.178 e. The van der Waals surface area contributed by atoms with Crippen molar-refractivity contribution in [3.8, 4) is 0 Å². The third kappa shape index (κ3) is 1.44. The van der Waals surface area contributed by atoms with Crippen molar-refractivity contribution in [1.82, 2.24) is 0 Å². The summed E-state index contributed by atoms with van der Waals surface area (Å²) in [5, 5.41) is 4.53. The van der Waals surface area contributed by atoms with Crippen molar-refractivity contribution in [3.63, 3.8) is 0 Å². The second-order valence-electron chi connectivity index (χ2n) is 5.70. The van der Waals surface area contributed by atoms with Gasteiger partial charge in [-0.3, -0.25) is 0 Å². The van der Waals surface area contributed by atoms with Crippen LogP contribution >= 0.6 is 0 Å². The molecule has 0 aliphatic heterocycles. The fraction of sp³-hybridized carbons (Fsp3) is 0.100. The van der Waals surface area contributed by atoms with Crippen molar-refractivity contribution < 1.29 is 8.83 Å². The molecule has 2 nitrogen and oxygen atoms in total. The highest BCUT2D eigenvalue weighted by atomic mass is 16.4. The summed E-state index contributed by atoms with van der Waals surface area (Å²) in [6.07, 6.45) is 1.02. The van der Waals surface area contributed by atoms with E-state index < -0.39 is 0 Å². The van der Waals surface area contributed by atoms with Gasteiger partial charge in [0.2, 0.25) is 0 Å². The Hall–Kier alpha value is -2.74. The number of aryl methyl sites for hydroxylation is 1. The molecule has 2 heterocycles. The minimum Gasteiger partial charge on any atom is -0.452 e. The first-order valence-corrected chi connectivity index (χ1v) is 7.60. The molecule has 0 aliphatic carbocycles.